The standard InChI is InChI=1S/C19H25NO/c1-11-7-15(8-12(2)17(11)20)19(5,6)16-9-13(3)18(21)14(4)10-16/h7-10,21H,20H2,1-6H3. The summed E-state index contributed by atoms with van der Waals surface area (Å²) in [5.74, 6) is 0.388. The number of anilines is 1. The lowest BCUT2D eigenvalue weighted by molar-refractivity contribution is 0.465. The van der Waals surface area contributed by atoms with Crippen LogP contribution in [0.1, 0.15) is 47.2 Å². The number of nitrogens with two attached hydrogens (primary N) is 1. The SMILES string of the molecule is Cc1cc(C(C)(C)c2cc(C)c(O)c(C)c2)cc(C)c1N. The zero-order chi connectivity index (χ0) is 15.9. The van der Waals surface area contributed by atoms with E-state index in [4.69, 9.17) is 5.73 Å². The van der Waals surface area contributed by atoms with Crippen LogP contribution in [0.25, 0.3) is 0 Å². The van der Waals surface area contributed by atoms with Gasteiger partial charge in [-0.05, 0) is 61.1 Å². The van der Waals surface area contributed by atoms with E-state index < -0.39 is 0 Å². The summed E-state index contributed by atoms with van der Waals surface area (Å²) in [5.41, 5.74) is 13.3. The molecule has 0 bridgehead atoms. The van der Waals surface area contributed by atoms with E-state index in [2.05, 4.69) is 52.0 Å². The van der Waals surface area contributed by atoms with Gasteiger partial charge in [-0.3, -0.25) is 0 Å². The van der Waals surface area contributed by atoms with Crippen molar-refractivity contribution in [2.24, 2.45) is 0 Å². The number of phenols is 1. The largest absolute Gasteiger partial charge is 0.507 e. The van der Waals surface area contributed by atoms with E-state index in [1.54, 1.807) is 0 Å². The minimum atomic E-state index is -0.133. The Hall–Kier alpha value is -1.96. The molecule has 0 aliphatic rings. The Labute approximate surface area is 127 Å². The van der Waals surface area contributed by atoms with E-state index in [1.165, 1.54) is 11.1 Å². The molecule has 2 nitrogen and oxygen atoms in total. The molecule has 2 aromatic carbocycles. The number of hydrogen-bond acceptors (Lipinski definition) is 2. The van der Waals surface area contributed by atoms with Gasteiger partial charge < -0.3 is 10.8 Å². The minimum Gasteiger partial charge on any atom is -0.507 e. The Morgan fingerprint density at radius 3 is 1.48 bits per heavy atom. The molecule has 112 valence electrons. The molecule has 0 saturated carbocycles. The van der Waals surface area contributed by atoms with Gasteiger partial charge >= 0.3 is 0 Å². The number of benzene rings is 2. The predicted octanol–water partition coefficient (Wildman–Crippen LogP) is 4.53. The van der Waals surface area contributed by atoms with Crippen molar-refractivity contribution in [1.82, 2.24) is 0 Å². The first kappa shape index (κ1) is 15.4. The van der Waals surface area contributed by atoms with Crippen molar-refractivity contribution < 1.29 is 5.11 Å². The lowest BCUT2D eigenvalue weighted by Gasteiger charge is -2.28. The molecular weight excluding hydrogens is 258 g/mol. The van der Waals surface area contributed by atoms with Crippen LogP contribution in [0.5, 0.6) is 5.75 Å². The van der Waals surface area contributed by atoms with Crippen molar-refractivity contribution >= 4 is 5.69 Å². The molecule has 0 fully saturated rings. The van der Waals surface area contributed by atoms with Crippen molar-refractivity contribution in [2.75, 3.05) is 5.73 Å². The first-order valence-corrected chi connectivity index (χ1v) is 7.32. The summed E-state index contributed by atoms with van der Waals surface area (Å²) in [6, 6.07) is 8.48. The van der Waals surface area contributed by atoms with Gasteiger partial charge in [-0.15, -0.1) is 0 Å². The predicted molar refractivity (Wildman–Crippen MR) is 90.0 cm³/mol. The van der Waals surface area contributed by atoms with E-state index in [0.29, 0.717) is 5.75 Å². The Kier molecular flexibility index (Phi) is 3.75. The summed E-state index contributed by atoms with van der Waals surface area (Å²) in [6.45, 7) is 12.4. The maximum absolute atomic E-state index is 9.98. The molecule has 2 aromatic rings. The average molecular weight is 283 g/mol. The number of phenolic OH excluding ortho intramolecular Hbond substituents is 1. The molecule has 0 radical (unpaired) electrons. The summed E-state index contributed by atoms with van der Waals surface area (Å²) in [5, 5.41) is 9.98. The summed E-state index contributed by atoms with van der Waals surface area (Å²) in [6.07, 6.45) is 0. The molecule has 0 aliphatic heterocycles. The van der Waals surface area contributed by atoms with Crippen LogP contribution in [-0.2, 0) is 5.41 Å². The van der Waals surface area contributed by atoms with Crippen molar-refractivity contribution in [2.45, 2.75) is 47.0 Å². The normalized spacial score (nSPS) is 11.7. The molecular formula is C19H25NO. The highest BCUT2D eigenvalue weighted by atomic mass is 16.3. The van der Waals surface area contributed by atoms with Crippen LogP contribution in [0, 0.1) is 27.7 Å². The molecule has 2 rings (SSSR count). The Bertz CT molecular complexity index is 593. The lowest BCUT2D eigenvalue weighted by Crippen LogP contribution is -2.20. The quantitative estimate of drug-likeness (QED) is 0.795. The summed E-state index contributed by atoms with van der Waals surface area (Å²) in [4.78, 5) is 0. The smallest absolute Gasteiger partial charge is 0.121 e. The molecule has 0 saturated heterocycles. The molecule has 0 aromatic heterocycles. The van der Waals surface area contributed by atoms with Gasteiger partial charge in [-0.1, -0.05) is 38.1 Å². The highest BCUT2D eigenvalue weighted by molar-refractivity contribution is 5.57. The number of hydrogen-bond donors (Lipinski definition) is 2. The Morgan fingerprint density at radius 2 is 1.10 bits per heavy atom. The van der Waals surface area contributed by atoms with Crippen molar-refractivity contribution in [3.05, 3.63) is 57.6 Å². The third kappa shape index (κ3) is 2.63. The fourth-order valence-corrected chi connectivity index (χ4v) is 2.82. The lowest BCUT2D eigenvalue weighted by atomic mass is 9.76. The molecule has 21 heavy (non-hydrogen) atoms. The van der Waals surface area contributed by atoms with Gasteiger partial charge in [0.05, 0.1) is 0 Å². The molecule has 0 spiro atoms. The highest BCUT2D eigenvalue weighted by Crippen LogP contribution is 2.37. The third-order valence-electron chi connectivity index (χ3n) is 4.53. The fraction of sp³-hybridized carbons (Fsp3) is 0.368. The van der Waals surface area contributed by atoms with Gasteiger partial charge in [0.15, 0.2) is 0 Å². The zero-order valence-corrected chi connectivity index (χ0v) is 13.8. The molecule has 0 aliphatic carbocycles. The second-order valence-corrected chi connectivity index (χ2v) is 6.61. The van der Waals surface area contributed by atoms with Gasteiger partial charge in [0.2, 0.25) is 0 Å². The van der Waals surface area contributed by atoms with Crippen LogP contribution >= 0.6 is 0 Å². The second kappa shape index (κ2) is 5.10. The highest BCUT2D eigenvalue weighted by Gasteiger charge is 2.25. The monoisotopic (exact) mass is 283 g/mol. The van der Waals surface area contributed by atoms with Crippen molar-refractivity contribution in [3.8, 4) is 5.75 Å². The molecule has 0 amide bonds. The van der Waals surface area contributed by atoms with Crippen LogP contribution < -0.4 is 5.73 Å². The number of aromatic hydroxyl groups is 1. The molecule has 2 heteroatoms. The number of nitrogen functional groups attached to an aromatic ring is 1. The topological polar surface area (TPSA) is 46.2 Å². The minimum absolute atomic E-state index is 0.133. The fourth-order valence-electron chi connectivity index (χ4n) is 2.82. The Balaban J connectivity index is 2.61. The number of aryl methyl sites for hydroxylation is 4. The molecule has 0 heterocycles. The van der Waals surface area contributed by atoms with E-state index in [0.717, 1.165) is 27.9 Å². The molecule has 0 atom stereocenters. The van der Waals surface area contributed by atoms with Crippen LogP contribution in [0.3, 0.4) is 0 Å². The Morgan fingerprint density at radius 1 is 0.762 bits per heavy atom. The second-order valence-electron chi connectivity index (χ2n) is 6.61. The van der Waals surface area contributed by atoms with Crippen LogP contribution in [-0.4, -0.2) is 5.11 Å². The first-order valence-electron chi connectivity index (χ1n) is 7.32. The van der Waals surface area contributed by atoms with Crippen molar-refractivity contribution in [3.63, 3.8) is 0 Å². The summed E-state index contributed by atoms with van der Waals surface area (Å²) in [7, 11) is 0. The summed E-state index contributed by atoms with van der Waals surface area (Å²) < 4.78 is 0. The number of rotatable bonds is 2. The third-order valence-corrected chi connectivity index (χ3v) is 4.53. The van der Waals surface area contributed by atoms with E-state index in [9.17, 15) is 5.11 Å². The van der Waals surface area contributed by atoms with Gasteiger partial charge in [0, 0.05) is 11.1 Å². The summed E-state index contributed by atoms with van der Waals surface area (Å²) >= 11 is 0. The first-order chi connectivity index (χ1) is 9.64. The van der Waals surface area contributed by atoms with Gasteiger partial charge in [-0.2, -0.15) is 0 Å². The van der Waals surface area contributed by atoms with Crippen molar-refractivity contribution in [1.29, 1.82) is 0 Å². The van der Waals surface area contributed by atoms with Crippen LogP contribution in [0.15, 0.2) is 24.3 Å². The van der Waals surface area contributed by atoms with Crippen LogP contribution in [0.4, 0.5) is 5.69 Å². The van der Waals surface area contributed by atoms with Crippen LogP contribution in [0.2, 0.25) is 0 Å². The maximum Gasteiger partial charge on any atom is 0.121 e. The molecule has 0 unspecified atom stereocenters. The van der Waals surface area contributed by atoms with Gasteiger partial charge in [0.25, 0.3) is 0 Å². The van der Waals surface area contributed by atoms with Gasteiger partial charge in [0.1, 0.15) is 5.75 Å². The van der Waals surface area contributed by atoms with E-state index in [1.807, 2.05) is 13.8 Å². The van der Waals surface area contributed by atoms with E-state index in [-0.39, 0.29) is 5.41 Å². The average Bonchev–Trinajstić information content (AvgIpc) is 2.40. The maximum atomic E-state index is 9.98. The zero-order valence-electron chi connectivity index (χ0n) is 13.8. The molecule has 3 N–H and O–H groups in total. The van der Waals surface area contributed by atoms with Gasteiger partial charge in [-0.25, -0.2) is 0 Å². The van der Waals surface area contributed by atoms with E-state index >= 15 is 0 Å².